The Morgan fingerprint density at radius 1 is 0.405 bits per heavy atom. The van der Waals surface area contributed by atoms with Gasteiger partial charge in [-0.15, -0.1) is 0 Å². The van der Waals surface area contributed by atoms with E-state index in [-0.39, 0.29) is 95.4 Å². The summed E-state index contributed by atoms with van der Waals surface area (Å²) in [5, 5.41) is 0. The molecule has 0 saturated carbocycles. The first-order valence-corrected chi connectivity index (χ1v) is 18.0. The van der Waals surface area contributed by atoms with Crippen molar-refractivity contribution >= 4 is 54.2 Å². The van der Waals surface area contributed by atoms with E-state index >= 15 is 0 Å². The Balaban J connectivity index is -0.000000125. The summed E-state index contributed by atoms with van der Waals surface area (Å²) in [7, 11) is -14.1. The third kappa shape index (κ3) is 78.6. The Labute approximate surface area is 317 Å². The van der Waals surface area contributed by atoms with Gasteiger partial charge in [-0.2, -0.15) is 0 Å². The molecule has 0 aliphatic carbocycles. The number of hydrogen-bond donors (Lipinski definition) is 0. The van der Waals surface area contributed by atoms with Gasteiger partial charge in [0.2, 0.25) is 20.8 Å². The normalized spacial score (nSPS) is 11.0. The minimum atomic E-state index is -5.17. The van der Waals surface area contributed by atoms with Gasteiger partial charge in [-0.1, -0.05) is 129 Å². The van der Waals surface area contributed by atoms with Crippen molar-refractivity contribution in [1.82, 2.24) is 0 Å². The second-order valence-corrected chi connectivity index (χ2v) is 12.2. The molecule has 0 radical (unpaired) electrons. The van der Waals surface area contributed by atoms with Gasteiger partial charge in [-0.3, -0.25) is 16.8 Å². The molecule has 0 rings (SSSR count). The van der Waals surface area contributed by atoms with Crippen LogP contribution in [0, 0.1) is 0 Å². The summed E-state index contributed by atoms with van der Waals surface area (Å²) in [5.41, 5.74) is 0. The van der Waals surface area contributed by atoms with Gasteiger partial charge in [0.15, 0.2) is 0 Å². The monoisotopic (exact) mass is 696 g/mol. The van der Waals surface area contributed by atoms with Crippen LogP contribution in [-0.2, 0) is 39.6 Å². The number of unbranched alkanes of at least 4 members (excludes halogenated alkanes) is 18. The van der Waals surface area contributed by atoms with Crippen LogP contribution in [0.1, 0.15) is 142 Å². The predicted octanol–water partition coefficient (Wildman–Crippen LogP) is -0.943. The van der Waals surface area contributed by atoms with E-state index in [9.17, 15) is 25.9 Å². The Bertz CT molecular complexity index is 770. The third-order valence-electron chi connectivity index (χ3n) is 5.45. The average Bonchev–Trinajstić information content (AvgIpc) is 2.79. The van der Waals surface area contributed by atoms with E-state index < -0.39 is 31.2 Å². The van der Waals surface area contributed by atoms with Gasteiger partial charge in [0.1, 0.15) is 0 Å². The average molecular weight is 697 g/mol. The van der Waals surface area contributed by atoms with E-state index in [2.05, 4.69) is 22.2 Å². The molecular weight excluding hydrogens is 647 g/mol. The van der Waals surface area contributed by atoms with Crippen LogP contribution < -0.4 is 59.1 Å². The molecule has 0 aliphatic heterocycles. The molecule has 0 unspecified atom stereocenters. The first kappa shape index (κ1) is 56.7. The van der Waals surface area contributed by atoms with E-state index in [1.54, 1.807) is 0 Å². The zero-order chi connectivity index (χ0) is 30.5. The minimum Gasteiger partial charge on any atom is -0.759 e. The maximum Gasteiger partial charge on any atom is 2.00 e. The van der Waals surface area contributed by atoms with Crippen molar-refractivity contribution in [2.75, 3.05) is 13.2 Å². The first-order valence-electron chi connectivity index (χ1n) is 14.0. The summed E-state index contributed by atoms with van der Waals surface area (Å²) in [6.07, 6.45) is 23.4. The van der Waals surface area contributed by atoms with Crippen LogP contribution >= 0.6 is 0 Å². The molecule has 12 nitrogen and oxygen atoms in total. The van der Waals surface area contributed by atoms with Crippen molar-refractivity contribution in [3.8, 4) is 0 Å². The standard InChI is InChI=1S/2C12H26O4S.Mg.2Na.H2O4S/c2*1-2-3-4-5-6-7-8-9-10-11-12-16-17(13,14)15;;;;1-5(2,3)4/h2*2-12H2,1H3,(H,13,14,15);;;;(H2,1,2,3,4)/q;;+2;2*+1;/p-4. The number of hydrogen-bond acceptors (Lipinski definition) is 12. The molecule has 0 aromatic rings. The van der Waals surface area contributed by atoms with Crippen molar-refractivity contribution in [3.63, 3.8) is 0 Å². The van der Waals surface area contributed by atoms with E-state index in [4.69, 9.17) is 17.5 Å². The van der Waals surface area contributed by atoms with Crippen molar-refractivity contribution in [3.05, 3.63) is 0 Å². The summed E-state index contributed by atoms with van der Waals surface area (Å²) in [4.78, 5) is 0. The maximum absolute atomic E-state index is 10.1. The van der Waals surface area contributed by atoms with E-state index in [0.717, 1.165) is 25.7 Å². The quantitative estimate of drug-likeness (QED) is 0.0518. The zero-order valence-corrected chi connectivity index (χ0v) is 34.3. The SMILES string of the molecule is CCCCCCCCCCCCOS(=O)(=O)[O-].CCCCCCCCCCCCOS(=O)(=O)[O-].O=S(=O)([O-])[O-].[Mg+2].[Na+].[Na+]. The molecule has 0 aliphatic rings. The predicted molar refractivity (Wildman–Crippen MR) is 151 cm³/mol. The van der Waals surface area contributed by atoms with Gasteiger partial charge >= 0.3 is 82.2 Å². The fourth-order valence-electron chi connectivity index (χ4n) is 3.50. The van der Waals surface area contributed by atoms with Crippen molar-refractivity contribution in [1.29, 1.82) is 0 Å². The molecule has 0 aromatic carbocycles. The molecule has 0 atom stereocenters. The number of rotatable bonds is 24. The molecule has 18 heteroatoms. The summed E-state index contributed by atoms with van der Waals surface area (Å²) >= 11 is 0. The minimum absolute atomic E-state index is 0. The van der Waals surface area contributed by atoms with Crippen LogP contribution in [0.25, 0.3) is 0 Å². The van der Waals surface area contributed by atoms with Crippen LogP contribution in [0.2, 0.25) is 0 Å². The summed E-state index contributed by atoms with van der Waals surface area (Å²) in [5.74, 6) is 0. The Kier molecular flexibility index (Phi) is 53.4. The summed E-state index contributed by atoms with van der Waals surface area (Å²) in [6, 6.07) is 0. The fraction of sp³-hybridized carbons (Fsp3) is 1.00. The topological polar surface area (TPSA) is 213 Å². The molecule has 0 spiro atoms. The smallest absolute Gasteiger partial charge is 0.759 e. The van der Waals surface area contributed by atoms with Gasteiger partial charge in [0, 0.05) is 10.4 Å². The molecule has 0 heterocycles. The van der Waals surface area contributed by atoms with E-state index in [1.165, 1.54) is 89.9 Å². The van der Waals surface area contributed by atoms with Crippen molar-refractivity contribution in [2.24, 2.45) is 0 Å². The van der Waals surface area contributed by atoms with Crippen LogP contribution in [0.3, 0.4) is 0 Å². The molecule has 0 N–H and O–H groups in total. The van der Waals surface area contributed by atoms with Gasteiger partial charge < -0.3 is 18.2 Å². The molecule has 0 saturated heterocycles. The molecule has 0 amide bonds. The fourth-order valence-corrected chi connectivity index (χ4v) is 4.14. The second-order valence-electron chi connectivity index (χ2n) is 9.23. The molecule has 0 fully saturated rings. The first-order chi connectivity index (χ1) is 18.1. The third-order valence-corrected chi connectivity index (χ3v) is 6.36. The van der Waals surface area contributed by atoms with E-state index in [1.807, 2.05) is 0 Å². The Hall–Kier alpha value is 2.38. The second kappa shape index (κ2) is 39.6. The largest absolute Gasteiger partial charge is 2.00 e. The Morgan fingerprint density at radius 2 is 0.571 bits per heavy atom. The van der Waals surface area contributed by atoms with Crippen LogP contribution in [0.15, 0.2) is 0 Å². The molecule has 240 valence electrons. The van der Waals surface area contributed by atoms with Crippen LogP contribution in [0.5, 0.6) is 0 Å². The Morgan fingerprint density at radius 3 is 0.738 bits per heavy atom. The van der Waals surface area contributed by atoms with Crippen molar-refractivity contribution in [2.45, 2.75) is 142 Å². The maximum atomic E-state index is 10.1. The van der Waals surface area contributed by atoms with Gasteiger partial charge in [0.25, 0.3) is 0 Å². The van der Waals surface area contributed by atoms with Crippen LogP contribution in [0.4, 0.5) is 0 Å². The van der Waals surface area contributed by atoms with Gasteiger partial charge in [0.05, 0.1) is 13.2 Å². The summed E-state index contributed by atoms with van der Waals surface area (Å²) in [6.45, 7) is 4.49. The zero-order valence-electron chi connectivity index (χ0n) is 26.4. The van der Waals surface area contributed by atoms with Crippen molar-refractivity contribution < 1.29 is 111 Å². The molecular formula is C24H50MgNa2O12S3. The van der Waals surface area contributed by atoms with Gasteiger partial charge in [-0.25, -0.2) is 16.8 Å². The molecule has 0 bridgehead atoms. The summed E-state index contributed by atoms with van der Waals surface area (Å²) < 4.78 is 103. The van der Waals surface area contributed by atoms with Gasteiger partial charge in [-0.05, 0) is 12.8 Å². The molecule has 42 heavy (non-hydrogen) atoms. The molecule has 0 aromatic heterocycles. The van der Waals surface area contributed by atoms with Crippen LogP contribution in [-0.4, -0.2) is 79.7 Å². The van der Waals surface area contributed by atoms with E-state index in [0.29, 0.717) is 12.8 Å².